The first-order chi connectivity index (χ1) is 16.2. The molecular formula is C21H28O13. The van der Waals surface area contributed by atoms with Crippen LogP contribution in [0.4, 0.5) is 0 Å². The average molecular weight is 488 g/mol. The van der Waals surface area contributed by atoms with Crippen molar-refractivity contribution in [1.29, 1.82) is 0 Å². The number of aliphatic hydroxyl groups is 7. The molecule has 13 heteroatoms. The maximum absolute atomic E-state index is 12.4. The Morgan fingerprint density at radius 3 is 2.18 bits per heavy atom. The first-order valence-corrected chi connectivity index (χ1v) is 10.4. The summed E-state index contributed by atoms with van der Waals surface area (Å²) < 4.78 is 21.4. The highest BCUT2D eigenvalue weighted by Gasteiger charge is 2.60. The Kier molecular flexibility index (Phi) is 8.59. The summed E-state index contributed by atoms with van der Waals surface area (Å²) in [6, 6.07) is 5.84. The monoisotopic (exact) mass is 488 g/mol. The largest absolute Gasteiger partial charge is 0.508 e. The Labute approximate surface area is 193 Å². The lowest BCUT2D eigenvalue weighted by atomic mass is 9.99. The fourth-order valence-corrected chi connectivity index (χ4v) is 3.69. The minimum atomic E-state index is -2.34. The lowest BCUT2D eigenvalue weighted by molar-refractivity contribution is -0.383. The van der Waals surface area contributed by atoms with Crippen LogP contribution in [0.3, 0.4) is 0 Å². The summed E-state index contributed by atoms with van der Waals surface area (Å²) in [6.07, 6.45) is -10.9. The summed E-state index contributed by atoms with van der Waals surface area (Å²) in [4.78, 5) is 12.4. The first-order valence-electron chi connectivity index (χ1n) is 10.4. The Morgan fingerprint density at radius 1 is 0.941 bits per heavy atom. The standard InChI is InChI=1S/C21H28O13/c22-7-12-15(27)17(29)18(30)20(31-12)34-21(9-24)19(16(28)13(8-23)33-21)32-14(26)6-3-10-1-4-11(25)5-2-10/h1-6,12-13,15-20,22-25,27-30H,7-9H2. The van der Waals surface area contributed by atoms with Crippen molar-refractivity contribution in [1.82, 2.24) is 0 Å². The van der Waals surface area contributed by atoms with Gasteiger partial charge in [-0.15, -0.1) is 0 Å². The zero-order valence-corrected chi connectivity index (χ0v) is 17.8. The summed E-state index contributed by atoms with van der Waals surface area (Å²) in [5.74, 6) is -3.31. The highest BCUT2D eigenvalue weighted by molar-refractivity contribution is 5.87. The number of hydrogen-bond donors (Lipinski definition) is 8. The molecule has 13 nitrogen and oxygen atoms in total. The summed E-state index contributed by atoms with van der Waals surface area (Å²) in [5.41, 5.74) is 0.539. The number of phenols is 1. The van der Waals surface area contributed by atoms with E-state index >= 15 is 0 Å². The Balaban J connectivity index is 1.80. The molecule has 0 bridgehead atoms. The topological polar surface area (TPSA) is 216 Å². The van der Waals surface area contributed by atoms with Gasteiger partial charge in [-0.25, -0.2) is 4.79 Å². The average Bonchev–Trinajstić information content (AvgIpc) is 3.10. The van der Waals surface area contributed by atoms with Gasteiger partial charge in [0, 0.05) is 6.08 Å². The Morgan fingerprint density at radius 2 is 1.59 bits per heavy atom. The maximum atomic E-state index is 12.4. The van der Waals surface area contributed by atoms with E-state index in [0.29, 0.717) is 5.56 Å². The van der Waals surface area contributed by atoms with Crippen LogP contribution in [-0.4, -0.2) is 121 Å². The van der Waals surface area contributed by atoms with E-state index in [0.717, 1.165) is 6.08 Å². The fraction of sp³-hybridized carbons (Fsp3) is 0.571. The molecule has 0 radical (unpaired) electrons. The van der Waals surface area contributed by atoms with Crippen molar-refractivity contribution in [2.75, 3.05) is 19.8 Å². The highest BCUT2D eigenvalue weighted by atomic mass is 16.8. The molecule has 2 heterocycles. The van der Waals surface area contributed by atoms with Gasteiger partial charge in [0.25, 0.3) is 0 Å². The molecule has 0 amide bonds. The van der Waals surface area contributed by atoms with Gasteiger partial charge in [-0.05, 0) is 23.8 Å². The van der Waals surface area contributed by atoms with Gasteiger partial charge >= 0.3 is 5.97 Å². The number of rotatable bonds is 8. The van der Waals surface area contributed by atoms with Crippen molar-refractivity contribution in [2.24, 2.45) is 0 Å². The van der Waals surface area contributed by atoms with Crippen LogP contribution in [0.2, 0.25) is 0 Å². The van der Waals surface area contributed by atoms with Crippen LogP contribution in [0, 0.1) is 0 Å². The molecule has 0 spiro atoms. The van der Waals surface area contributed by atoms with E-state index in [-0.39, 0.29) is 5.75 Å². The van der Waals surface area contributed by atoms with Crippen molar-refractivity contribution in [3.63, 3.8) is 0 Å². The van der Waals surface area contributed by atoms with Gasteiger partial charge < -0.3 is 59.8 Å². The SMILES string of the molecule is O=C(C=Cc1ccc(O)cc1)OC1C(O)C(CO)OC1(CO)OC1OC(CO)C(O)C(O)C1O. The number of hydrogen-bond acceptors (Lipinski definition) is 13. The Hall–Kier alpha value is -2.17. The van der Waals surface area contributed by atoms with Crippen LogP contribution in [0.1, 0.15) is 5.56 Å². The van der Waals surface area contributed by atoms with Crippen LogP contribution in [0.15, 0.2) is 30.3 Å². The lowest BCUT2D eigenvalue weighted by Gasteiger charge is -2.43. The van der Waals surface area contributed by atoms with Crippen LogP contribution in [0.25, 0.3) is 6.08 Å². The van der Waals surface area contributed by atoms with Crippen molar-refractivity contribution < 1.29 is 64.6 Å². The molecule has 0 aromatic heterocycles. The third kappa shape index (κ3) is 5.39. The Bertz CT molecular complexity index is 844. The molecule has 1 aromatic carbocycles. The second kappa shape index (κ2) is 11.0. The summed E-state index contributed by atoms with van der Waals surface area (Å²) in [6.45, 7) is -2.55. The van der Waals surface area contributed by atoms with Crippen LogP contribution in [0.5, 0.6) is 5.75 Å². The van der Waals surface area contributed by atoms with Gasteiger partial charge in [0.05, 0.1) is 13.2 Å². The van der Waals surface area contributed by atoms with Crippen molar-refractivity contribution in [2.45, 2.75) is 54.8 Å². The molecular weight excluding hydrogens is 460 g/mol. The van der Waals surface area contributed by atoms with Crippen LogP contribution >= 0.6 is 0 Å². The predicted molar refractivity (Wildman–Crippen MR) is 110 cm³/mol. The number of ether oxygens (including phenoxy) is 4. The molecule has 2 saturated heterocycles. The number of carbonyl (C=O) groups excluding carboxylic acids is 1. The minimum Gasteiger partial charge on any atom is -0.508 e. The van der Waals surface area contributed by atoms with Crippen LogP contribution in [-0.2, 0) is 23.7 Å². The zero-order valence-electron chi connectivity index (χ0n) is 17.8. The summed E-state index contributed by atoms with van der Waals surface area (Å²) in [5, 5.41) is 78.9. The molecule has 9 atom stereocenters. The third-order valence-electron chi connectivity index (χ3n) is 5.59. The highest BCUT2D eigenvalue weighted by Crippen LogP contribution is 2.38. The van der Waals surface area contributed by atoms with Crippen molar-refractivity contribution >= 4 is 12.0 Å². The predicted octanol–water partition coefficient (Wildman–Crippen LogP) is -3.43. The van der Waals surface area contributed by atoms with Crippen molar-refractivity contribution in [3.05, 3.63) is 35.9 Å². The van der Waals surface area contributed by atoms with Gasteiger partial charge in [-0.1, -0.05) is 12.1 Å². The molecule has 3 rings (SSSR count). The van der Waals surface area contributed by atoms with Gasteiger partial charge in [0.1, 0.15) is 49.0 Å². The molecule has 0 aliphatic carbocycles. The molecule has 190 valence electrons. The molecule has 1 aromatic rings. The van der Waals surface area contributed by atoms with E-state index in [4.69, 9.17) is 18.9 Å². The second-order valence-electron chi connectivity index (χ2n) is 7.90. The van der Waals surface area contributed by atoms with Gasteiger partial charge in [0.2, 0.25) is 5.79 Å². The number of esters is 1. The number of phenolic OH excluding ortho intramolecular Hbond substituents is 1. The summed E-state index contributed by atoms with van der Waals surface area (Å²) >= 11 is 0. The minimum absolute atomic E-state index is 0.0269. The van der Waals surface area contributed by atoms with E-state index in [2.05, 4.69) is 0 Å². The van der Waals surface area contributed by atoms with E-state index in [1.54, 1.807) is 0 Å². The number of benzene rings is 1. The first kappa shape index (κ1) is 26.4. The second-order valence-corrected chi connectivity index (χ2v) is 7.90. The number of aliphatic hydroxyl groups excluding tert-OH is 7. The van der Waals surface area contributed by atoms with E-state index < -0.39 is 80.6 Å². The maximum Gasteiger partial charge on any atom is 0.331 e. The third-order valence-corrected chi connectivity index (χ3v) is 5.59. The molecule has 0 saturated carbocycles. The number of carbonyl (C=O) groups is 1. The molecule has 9 unspecified atom stereocenters. The van der Waals surface area contributed by atoms with Gasteiger partial charge in [-0.3, -0.25) is 0 Å². The van der Waals surface area contributed by atoms with E-state index in [9.17, 15) is 45.6 Å². The lowest BCUT2D eigenvalue weighted by Crippen LogP contribution is -2.63. The van der Waals surface area contributed by atoms with Gasteiger partial charge in [-0.2, -0.15) is 0 Å². The fourth-order valence-electron chi connectivity index (χ4n) is 3.69. The van der Waals surface area contributed by atoms with E-state index in [1.807, 2.05) is 0 Å². The molecule has 2 aliphatic rings. The van der Waals surface area contributed by atoms with Gasteiger partial charge in [0.15, 0.2) is 12.4 Å². The number of aromatic hydroxyl groups is 1. The molecule has 8 N–H and O–H groups in total. The molecule has 2 fully saturated rings. The quantitative estimate of drug-likeness (QED) is 0.132. The molecule has 34 heavy (non-hydrogen) atoms. The normalized spacial score (nSPS) is 38.3. The summed E-state index contributed by atoms with van der Waals surface area (Å²) in [7, 11) is 0. The van der Waals surface area contributed by atoms with Crippen molar-refractivity contribution in [3.8, 4) is 5.75 Å². The smallest absolute Gasteiger partial charge is 0.331 e. The van der Waals surface area contributed by atoms with Crippen LogP contribution < -0.4 is 0 Å². The van der Waals surface area contributed by atoms with E-state index in [1.165, 1.54) is 30.3 Å². The zero-order chi connectivity index (χ0) is 25.0. The molecule has 2 aliphatic heterocycles.